The van der Waals surface area contributed by atoms with Gasteiger partial charge in [-0.1, -0.05) is 0 Å². The van der Waals surface area contributed by atoms with Gasteiger partial charge >= 0.3 is 25.8 Å². The number of carboxylic acids is 3. The normalized spacial score (nSPS) is 3.95. The third-order valence-electron chi connectivity index (χ3n) is 0. The molecule has 19 heavy (non-hydrogen) atoms. The Bertz CT molecular complexity index is 120. The molecule has 0 aromatic heterocycles. The van der Waals surface area contributed by atoms with Crippen molar-refractivity contribution in [1.82, 2.24) is 0 Å². The van der Waals surface area contributed by atoms with Gasteiger partial charge in [-0.25, -0.2) is 0 Å². The van der Waals surface area contributed by atoms with Gasteiger partial charge < -0.3 is 62.6 Å². The quantitative estimate of drug-likeness (QED) is 0.379. The molecule has 0 radical (unpaired) electrons. The fourth-order valence-corrected chi connectivity index (χ4v) is 0. The van der Waals surface area contributed by atoms with Crippen molar-refractivity contribution in [2.24, 2.45) is 0 Å². The second kappa shape index (κ2) is 67.8. The molecule has 0 aliphatic carbocycles. The van der Waals surface area contributed by atoms with E-state index in [0.29, 0.717) is 0 Å². The van der Waals surface area contributed by atoms with Crippen molar-refractivity contribution in [2.75, 3.05) is 0 Å². The van der Waals surface area contributed by atoms with Crippen molar-refractivity contribution in [3.63, 3.8) is 0 Å². The van der Waals surface area contributed by atoms with Crippen molar-refractivity contribution in [3.8, 4) is 0 Å². The number of hydrogen-bond acceptors (Lipinski definition) is 6. The van der Waals surface area contributed by atoms with Gasteiger partial charge in [0, 0.05) is 17.9 Å². The van der Waals surface area contributed by atoms with Gasteiger partial charge in [0.15, 0.2) is 0 Å². The van der Waals surface area contributed by atoms with Gasteiger partial charge in [0.25, 0.3) is 0 Å². The number of rotatable bonds is 0. The topological polar surface area (TPSA) is 309 Å². The van der Waals surface area contributed by atoms with E-state index in [1.165, 1.54) is 0 Å². The molecule has 0 aliphatic heterocycles. The summed E-state index contributed by atoms with van der Waals surface area (Å²) < 4.78 is 0. The summed E-state index contributed by atoms with van der Waals surface area (Å²) in [6.45, 7) is 2.92. The van der Waals surface area contributed by atoms with Crippen LogP contribution in [0.5, 0.6) is 0 Å². The van der Waals surface area contributed by atoms with Crippen molar-refractivity contribution in [2.45, 2.75) is 20.8 Å². The summed E-state index contributed by atoms with van der Waals surface area (Å²) in [5.74, 6) is -3.25. The molecule has 0 amide bonds. The minimum Gasteiger partial charge on any atom is -0.550 e. The second-order valence-electron chi connectivity index (χ2n) is 1.47. The van der Waals surface area contributed by atoms with Crippen LogP contribution < -0.4 is 15.3 Å². The van der Waals surface area contributed by atoms with Crippen molar-refractivity contribution in [1.29, 1.82) is 0 Å². The number of carbonyl (C=O) groups is 3. The molecule has 0 aromatic rings. The largest absolute Gasteiger partial charge is 3.00 e. The van der Waals surface area contributed by atoms with Crippen LogP contribution in [0.1, 0.15) is 20.8 Å². The Morgan fingerprint density at radius 1 is 0.526 bits per heavy atom. The molecule has 0 fully saturated rings. The molecule has 13 heteroatoms. The van der Waals surface area contributed by atoms with Gasteiger partial charge in [-0.2, -0.15) is 0 Å². The second-order valence-corrected chi connectivity index (χ2v) is 1.47. The van der Waals surface area contributed by atoms with Crippen molar-refractivity contribution < 1.29 is 62.6 Å². The molecule has 0 aliphatic rings. The van der Waals surface area contributed by atoms with E-state index < -0.39 is 17.9 Å². The first-order valence-electron chi connectivity index (χ1n) is 2.72. The maximum atomic E-state index is 8.89. The van der Waals surface area contributed by atoms with E-state index in [1.54, 1.807) is 0 Å². The third-order valence-corrected chi connectivity index (χ3v) is 0. The van der Waals surface area contributed by atoms with Crippen LogP contribution >= 0.6 is 0 Å². The SMILES string of the molecule is CC(=O)[O-].CC(=O)[O-].CC(=O)[O-].O.O.O.O.O.O.[In+3]. The van der Waals surface area contributed by atoms with Crippen molar-refractivity contribution in [3.05, 3.63) is 0 Å². The molecule has 0 rings (SSSR count). The molecule has 0 bridgehead atoms. The number of hydrogen-bond donors (Lipinski definition) is 0. The Hall–Kier alpha value is -0.960. The summed E-state index contributed by atoms with van der Waals surface area (Å²) in [5.41, 5.74) is 0. The molecule has 12 nitrogen and oxygen atoms in total. The van der Waals surface area contributed by atoms with Gasteiger partial charge in [0.1, 0.15) is 0 Å². The van der Waals surface area contributed by atoms with E-state index in [1.807, 2.05) is 0 Å². The molecular formula is C6H21InO12. The van der Waals surface area contributed by atoms with E-state index in [4.69, 9.17) is 29.7 Å². The van der Waals surface area contributed by atoms with Crippen LogP contribution in [0, 0.1) is 0 Å². The smallest absolute Gasteiger partial charge is 0.550 e. The van der Waals surface area contributed by atoms with Crippen LogP contribution in [-0.2, 0) is 14.4 Å². The summed E-state index contributed by atoms with van der Waals surface area (Å²) >= 11 is 0. The van der Waals surface area contributed by atoms with Crippen LogP contribution in [0.25, 0.3) is 0 Å². The molecule has 0 atom stereocenters. The number of carbonyl (C=O) groups excluding carboxylic acids is 3. The van der Waals surface area contributed by atoms with E-state index in [9.17, 15) is 0 Å². The average molecular weight is 400 g/mol. The Morgan fingerprint density at radius 3 is 0.526 bits per heavy atom. The fraction of sp³-hybridized carbons (Fsp3) is 0.500. The van der Waals surface area contributed by atoms with Crippen LogP contribution in [-0.4, -0.2) is 76.6 Å². The van der Waals surface area contributed by atoms with Crippen molar-refractivity contribution >= 4 is 43.8 Å². The zero-order valence-electron chi connectivity index (χ0n) is 10.5. The van der Waals surface area contributed by atoms with Gasteiger partial charge in [0.2, 0.25) is 0 Å². The van der Waals surface area contributed by atoms with Crippen LogP contribution in [0.2, 0.25) is 0 Å². The van der Waals surface area contributed by atoms with Gasteiger partial charge in [-0.3, -0.25) is 0 Å². The predicted molar refractivity (Wildman–Crippen MR) is 59.5 cm³/mol. The van der Waals surface area contributed by atoms with E-state index in [0.717, 1.165) is 20.8 Å². The molecule has 0 unspecified atom stereocenters. The van der Waals surface area contributed by atoms with Gasteiger partial charge in [0.05, 0.1) is 0 Å². The molecule has 0 aromatic carbocycles. The minimum absolute atomic E-state index is 0. The van der Waals surface area contributed by atoms with E-state index in [-0.39, 0.29) is 58.7 Å². The summed E-state index contributed by atoms with van der Waals surface area (Å²) in [4.78, 5) is 26.7. The third kappa shape index (κ3) is 4180. The summed E-state index contributed by atoms with van der Waals surface area (Å²) in [6.07, 6.45) is 0. The first kappa shape index (κ1) is 81.0. The molecule has 0 saturated heterocycles. The number of carboxylic acid groups (broad SMARTS) is 3. The zero-order valence-corrected chi connectivity index (χ0v) is 13.8. The molecule has 0 spiro atoms. The summed E-state index contributed by atoms with van der Waals surface area (Å²) in [7, 11) is 0. The molecule has 12 N–H and O–H groups in total. The summed E-state index contributed by atoms with van der Waals surface area (Å²) in [6, 6.07) is 0. The Labute approximate surface area is 127 Å². The molecule has 0 heterocycles. The van der Waals surface area contributed by atoms with E-state index >= 15 is 0 Å². The number of aliphatic carboxylic acids is 3. The molecule has 120 valence electrons. The average Bonchev–Trinajstić information content (AvgIpc) is 1.54. The van der Waals surface area contributed by atoms with Gasteiger partial charge in [-0.05, 0) is 20.8 Å². The first-order chi connectivity index (χ1) is 5.20. The predicted octanol–water partition coefficient (Wildman–Crippen LogP) is -9.06. The standard InChI is InChI=1S/3C2H4O2.In.6H2O/c3*1-2(3)4;;;;;;;/h3*1H3,(H,3,4);;6*1H2/q;;;+3;;;;;;/p-3. The van der Waals surface area contributed by atoms with Gasteiger partial charge in [-0.15, -0.1) is 0 Å². The summed E-state index contributed by atoms with van der Waals surface area (Å²) in [5, 5.41) is 26.7. The van der Waals surface area contributed by atoms with E-state index in [2.05, 4.69) is 0 Å². The molecular weight excluding hydrogens is 379 g/mol. The van der Waals surface area contributed by atoms with Crippen LogP contribution in [0.3, 0.4) is 0 Å². The zero-order chi connectivity index (χ0) is 10.7. The Morgan fingerprint density at radius 2 is 0.526 bits per heavy atom. The molecule has 0 saturated carbocycles. The first-order valence-corrected chi connectivity index (χ1v) is 2.72. The Kier molecular flexibility index (Phi) is 289. The Balaban J connectivity index is -0.00000000675. The maximum absolute atomic E-state index is 8.89. The fourth-order valence-electron chi connectivity index (χ4n) is 0. The maximum Gasteiger partial charge on any atom is 3.00 e. The van der Waals surface area contributed by atoms with Crippen LogP contribution in [0.4, 0.5) is 0 Å². The monoisotopic (exact) mass is 400 g/mol. The van der Waals surface area contributed by atoms with Crippen LogP contribution in [0.15, 0.2) is 0 Å². The minimum atomic E-state index is -1.08.